The number of carbonyl (C=O) groups excluding carboxylic acids is 2. The van der Waals surface area contributed by atoms with Crippen LogP contribution in [0.5, 0.6) is 0 Å². The summed E-state index contributed by atoms with van der Waals surface area (Å²) >= 11 is 1.42. The number of Topliss-reactive ketones (excluding diaryl/α,β-unsaturated/α-hetero) is 1. The molecule has 0 radical (unpaired) electrons. The third-order valence-corrected chi connectivity index (χ3v) is 5.81. The summed E-state index contributed by atoms with van der Waals surface area (Å²) in [6.45, 7) is 5.62. The van der Waals surface area contributed by atoms with Crippen LogP contribution in [0.15, 0.2) is 41.8 Å². The van der Waals surface area contributed by atoms with E-state index in [1.807, 2.05) is 23.6 Å². The van der Waals surface area contributed by atoms with Gasteiger partial charge in [0.1, 0.15) is 0 Å². The third kappa shape index (κ3) is 5.51. The summed E-state index contributed by atoms with van der Waals surface area (Å²) < 4.78 is 0. The van der Waals surface area contributed by atoms with Crippen molar-refractivity contribution in [3.05, 3.63) is 52.2 Å². The molecule has 5 heteroatoms. The third-order valence-electron chi connectivity index (χ3n) is 4.90. The molecule has 0 aliphatic carbocycles. The van der Waals surface area contributed by atoms with Crippen LogP contribution >= 0.6 is 11.3 Å². The topological polar surface area (TPSA) is 49.4 Å². The molecule has 138 valence electrons. The van der Waals surface area contributed by atoms with Crippen LogP contribution in [0, 0.1) is 5.92 Å². The smallest absolute Gasteiger partial charge is 0.224 e. The maximum Gasteiger partial charge on any atom is 0.224 e. The number of carbonyl (C=O) groups is 2. The minimum atomic E-state index is -0.118. The Morgan fingerprint density at radius 2 is 1.85 bits per heavy atom. The molecule has 26 heavy (non-hydrogen) atoms. The predicted octanol–water partition coefficient (Wildman–Crippen LogP) is 4.58. The van der Waals surface area contributed by atoms with Crippen LogP contribution in [0.1, 0.15) is 47.8 Å². The number of piperidine rings is 1. The quantitative estimate of drug-likeness (QED) is 0.726. The van der Waals surface area contributed by atoms with Crippen LogP contribution in [-0.2, 0) is 11.3 Å². The lowest BCUT2D eigenvalue weighted by molar-refractivity contribution is -0.116. The van der Waals surface area contributed by atoms with Gasteiger partial charge in [0.25, 0.3) is 0 Å². The molecule has 1 aromatic carbocycles. The molecule has 0 unspecified atom stereocenters. The molecule has 1 aliphatic rings. The molecule has 0 spiro atoms. The Labute approximate surface area is 159 Å². The first-order valence-corrected chi connectivity index (χ1v) is 10.2. The van der Waals surface area contributed by atoms with Crippen molar-refractivity contribution in [3.63, 3.8) is 0 Å². The van der Waals surface area contributed by atoms with Crippen LogP contribution in [0.3, 0.4) is 0 Å². The van der Waals surface area contributed by atoms with Gasteiger partial charge in [-0.1, -0.05) is 25.1 Å². The highest BCUT2D eigenvalue weighted by Gasteiger charge is 2.15. The Morgan fingerprint density at radius 1 is 1.12 bits per heavy atom. The SMILES string of the molecule is CC1CCN(Cc2ccc(NC(=O)CCC(=O)c3cccs3)cc2)CC1. The van der Waals surface area contributed by atoms with Gasteiger partial charge in [-0.15, -0.1) is 11.3 Å². The van der Waals surface area contributed by atoms with Gasteiger partial charge in [0.2, 0.25) is 5.91 Å². The highest BCUT2D eigenvalue weighted by atomic mass is 32.1. The minimum absolute atomic E-state index is 0.0290. The van der Waals surface area contributed by atoms with Crippen molar-refractivity contribution in [2.45, 2.75) is 39.2 Å². The van der Waals surface area contributed by atoms with E-state index in [1.54, 1.807) is 6.07 Å². The van der Waals surface area contributed by atoms with Crippen molar-refractivity contribution in [2.24, 2.45) is 5.92 Å². The summed E-state index contributed by atoms with van der Waals surface area (Å²) in [5.74, 6) is 0.754. The second-order valence-electron chi connectivity index (χ2n) is 7.10. The van der Waals surface area contributed by atoms with E-state index in [1.165, 1.54) is 29.7 Å². The van der Waals surface area contributed by atoms with Crippen molar-refractivity contribution in [1.29, 1.82) is 0 Å². The Bertz CT molecular complexity index is 717. The standard InChI is InChI=1S/C21H26N2O2S/c1-16-10-12-23(13-11-16)15-17-4-6-18(7-5-17)22-21(25)9-8-19(24)20-3-2-14-26-20/h2-7,14,16H,8-13,15H2,1H3,(H,22,25). The highest BCUT2D eigenvalue weighted by molar-refractivity contribution is 7.12. The molecule has 0 atom stereocenters. The molecule has 0 bridgehead atoms. The molecule has 2 aromatic rings. The van der Waals surface area contributed by atoms with Gasteiger partial charge in [0, 0.05) is 25.1 Å². The largest absolute Gasteiger partial charge is 0.326 e. The molecule has 3 rings (SSSR count). The fourth-order valence-electron chi connectivity index (χ4n) is 3.18. The Balaban J connectivity index is 1.43. The zero-order chi connectivity index (χ0) is 18.4. The Morgan fingerprint density at radius 3 is 2.50 bits per heavy atom. The number of hydrogen-bond acceptors (Lipinski definition) is 4. The molecule has 1 saturated heterocycles. The molecule has 4 nitrogen and oxygen atoms in total. The first-order valence-electron chi connectivity index (χ1n) is 9.28. The second kappa shape index (κ2) is 9.10. The van der Waals surface area contributed by atoms with Gasteiger partial charge in [-0.25, -0.2) is 0 Å². The van der Waals surface area contributed by atoms with E-state index in [4.69, 9.17) is 0 Å². The number of benzene rings is 1. The first kappa shape index (κ1) is 18.8. The number of nitrogens with zero attached hydrogens (tertiary/aromatic N) is 1. The maximum atomic E-state index is 12.1. The zero-order valence-corrected chi connectivity index (χ0v) is 16.1. The number of ketones is 1. The van der Waals surface area contributed by atoms with Gasteiger partial charge in [0.15, 0.2) is 5.78 Å². The predicted molar refractivity (Wildman–Crippen MR) is 107 cm³/mol. The summed E-state index contributed by atoms with van der Waals surface area (Å²) in [4.78, 5) is 27.2. The van der Waals surface area contributed by atoms with Gasteiger partial charge in [-0.05, 0) is 61.0 Å². The average molecular weight is 371 g/mol. The van der Waals surface area contributed by atoms with Crippen LogP contribution in [0.25, 0.3) is 0 Å². The van der Waals surface area contributed by atoms with E-state index in [-0.39, 0.29) is 24.5 Å². The molecule has 1 amide bonds. The van der Waals surface area contributed by atoms with Crippen molar-refractivity contribution in [2.75, 3.05) is 18.4 Å². The summed E-state index contributed by atoms with van der Waals surface area (Å²) in [6.07, 6.45) is 3.01. The molecular weight excluding hydrogens is 344 g/mol. The van der Waals surface area contributed by atoms with E-state index in [0.29, 0.717) is 4.88 Å². The lowest BCUT2D eigenvalue weighted by Crippen LogP contribution is -2.32. The summed E-state index contributed by atoms with van der Waals surface area (Å²) in [5.41, 5.74) is 2.06. The fourth-order valence-corrected chi connectivity index (χ4v) is 3.88. The second-order valence-corrected chi connectivity index (χ2v) is 8.05. The number of thiophene rings is 1. The van der Waals surface area contributed by atoms with E-state index < -0.39 is 0 Å². The maximum absolute atomic E-state index is 12.1. The van der Waals surface area contributed by atoms with Crippen LogP contribution in [-0.4, -0.2) is 29.7 Å². The number of nitrogens with one attached hydrogen (secondary N) is 1. The molecule has 1 aliphatic heterocycles. The van der Waals surface area contributed by atoms with Gasteiger partial charge in [0.05, 0.1) is 4.88 Å². The monoisotopic (exact) mass is 370 g/mol. The number of anilines is 1. The molecule has 2 heterocycles. The summed E-state index contributed by atoms with van der Waals surface area (Å²) in [5, 5.41) is 4.75. The van der Waals surface area contributed by atoms with E-state index in [0.717, 1.165) is 31.2 Å². The van der Waals surface area contributed by atoms with Crippen LogP contribution < -0.4 is 5.32 Å². The first-order chi connectivity index (χ1) is 12.6. The fraction of sp³-hybridized carbons (Fsp3) is 0.429. The number of hydrogen-bond donors (Lipinski definition) is 1. The summed E-state index contributed by atoms with van der Waals surface area (Å²) in [6, 6.07) is 11.7. The Kier molecular flexibility index (Phi) is 6.58. The molecule has 0 saturated carbocycles. The average Bonchev–Trinajstić information content (AvgIpc) is 3.18. The molecular formula is C21H26N2O2S. The van der Waals surface area contributed by atoms with Crippen LogP contribution in [0.2, 0.25) is 0 Å². The Hall–Kier alpha value is -1.98. The lowest BCUT2D eigenvalue weighted by atomic mass is 9.99. The zero-order valence-electron chi connectivity index (χ0n) is 15.2. The molecule has 1 aromatic heterocycles. The number of rotatable bonds is 7. The van der Waals surface area contributed by atoms with Gasteiger partial charge >= 0.3 is 0 Å². The van der Waals surface area contributed by atoms with E-state index >= 15 is 0 Å². The van der Waals surface area contributed by atoms with E-state index in [9.17, 15) is 9.59 Å². The van der Waals surface area contributed by atoms with Gasteiger partial charge in [-0.3, -0.25) is 14.5 Å². The normalized spacial score (nSPS) is 15.7. The van der Waals surface area contributed by atoms with Crippen molar-refractivity contribution in [3.8, 4) is 0 Å². The van der Waals surface area contributed by atoms with Gasteiger partial charge in [-0.2, -0.15) is 0 Å². The minimum Gasteiger partial charge on any atom is -0.326 e. The van der Waals surface area contributed by atoms with Gasteiger partial charge < -0.3 is 5.32 Å². The van der Waals surface area contributed by atoms with Crippen molar-refractivity contribution < 1.29 is 9.59 Å². The van der Waals surface area contributed by atoms with Crippen LogP contribution in [0.4, 0.5) is 5.69 Å². The van der Waals surface area contributed by atoms with Crippen molar-refractivity contribution in [1.82, 2.24) is 4.90 Å². The number of likely N-dealkylation sites (tertiary alicyclic amines) is 1. The molecule has 1 N–H and O–H groups in total. The van der Waals surface area contributed by atoms with Crippen molar-refractivity contribution >= 4 is 28.7 Å². The molecule has 1 fully saturated rings. The highest BCUT2D eigenvalue weighted by Crippen LogP contribution is 2.19. The van der Waals surface area contributed by atoms with E-state index in [2.05, 4.69) is 29.3 Å². The summed E-state index contributed by atoms with van der Waals surface area (Å²) in [7, 11) is 0. The lowest BCUT2D eigenvalue weighted by Gasteiger charge is -2.30. The number of amides is 1.